The summed E-state index contributed by atoms with van der Waals surface area (Å²) in [5, 5.41) is 3.44. The van der Waals surface area contributed by atoms with Gasteiger partial charge in [0.15, 0.2) is 0 Å². The molecule has 1 N–H and O–H groups in total. The summed E-state index contributed by atoms with van der Waals surface area (Å²) in [6, 6.07) is 5.71. The molecule has 0 aliphatic carbocycles. The fourth-order valence-corrected chi connectivity index (χ4v) is 2.42. The van der Waals surface area contributed by atoms with Gasteiger partial charge in [-0.15, -0.1) is 0 Å². The minimum atomic E-state index is -0.0929. The second kappa shape index (κ2) is 7.83. The van der Waals surface area contributed by atoms with Crippen LogP contribution in [-0.2, 0) is 6.42 Å². The summed E-state index contributed by atoms with van der Waals surface area (Å²) in [5.41, 5.74) is 0.811. The van der Waals surface area contributed by atoms with Crippen LogP contribution in [-0.4, -0.2) is 12.6 Å². The summed E-state index contributed by atoms with van der Waals surface area (Å²) in [6.45, 7) is 5.31. The number of nitrogens with one attached hydrogen (secondary N) is 1. The molecule has 1 unspecified atom stereocenters. The van der Waals surface area contributed by atoms with Crippen LogP contribution in [0.4, 0.5) is 4.39 Å². The van der Waals surface area contributed by atoms with Crippen LogP contribution in [0, 0.1) is 5.82 Å². The van der Waals surface area contributed by atoms with Crippen LogP contribution >= 0.6 is 15.9 Å². The van der Waals surface area contributed by atoms with E-state index in [1.165, 1.54) is 6.07 Å². The largest absolute Gasteiger partial charge is 0.314 e. The highest BCUT2D eigenvalue weighted by Crippen LogP contribution is 2.18. The third kappa shape index (κ3) is 5.17. The Hall–Kier alpha value is -0.410. The maximum absolute atomic E-state index is 13.5. The molecule has 17 heavy (non-hydrogen) atoms. The van der Waals surface area contributed by atoms with Gasteiger partial charge >= 0.3 is 0 Å². The molecule has 1 nitrogen and oxygen atoms in total. The van der Waals surface area contributed by atoms with Crippen molar-refractivity contribution in [3.8, 4) is 0 Å². The minimum absolute atomic E-state index is 0.0929. The first kappa shape index (κ1) is 14.7. The van der Waals surface area contributed by atoms with Crippen LogP contribution in [0.3, 0.4) is 0 Å². The van der Waals surface area contributed by atoms with E-state index in [0.29, 0.717) is 6.04 Å². The smallest absolute Gasteiger partial charge is 0.126 e. The Morgan fingerprint density at radius 2 is 2.12 bits per heavy atom. The molecule has 0 radical (unpaired) electrons. The average molecular weight is 302 g/mol. The fourth-order valence-electron chi connectivity index (χ4n) is 2.01. The van der Waals surface area contributed by atoms with Crippen molar-refractivity contribution in [3.63, 3.8) is 0 Å². The molecule has 0 aromatic heterocycles. The quantitative estimate of drug-likeness (QED) is 0.792. The van der Waals surface area contributed by atoms with Gasteiger partial charge < -0.3 is 5.32 Å². The van der Waals surface area contributed by atoms with Gasteiger partial charge in [0, 0.05) is 10.5 Å². The Morgan fingerprint density at radius 3 is 2.76 bits per heavy atom. The topological polar surface area (TPSA) is 12.0 Å². The summed E-state index contributed by atoms with van der Waals surface area (Å²) < 4.78 is 14.4. The molecule has 3 heteroatoms. The zero-order chi connectivity index (χ0) is 12.7. The predicted octanol–water partition coefficient (Wildman–Crippen LogP) is 4.30. The number of hydrogen-bond donors (Lipinski definition) is 1. The van der Waals surface area contributed by atoms with E-state index in [1.54, 1.807) is 6.07 Å². The van der Waals surface area contributed by atoms with E-state index in [0.717, 1.165) is 42.3 Å². The molecule has 1 atom stereocenters. The molecule has 0 aliphatic rings. The number of aryl methyl sites for hydroxylation is 1. The van der Waals surface area contributed by atoms with Crippen molar-refractivity contribution >= 4 is 15.9 Å². The van der Waals surface area contributed by atoms with Crippen molar-refractivity contribution in [1.82, 2.24) is 5.32 Å². The standard InChI is InChI=1S/C14H21BrFN/c1-3-13(17-4-2)7-5-6-11-10-12(15)8-9-14(11)16/h8-10,13,17H,3-7H2,1-2H3. The monoisotopic (exact) mass is 301 g/mol. The van der Waals surface area contributed by atoms with Gasteiger partial charge in [0.25, 0.3) is 0 Å². The van der Waals surface area contributed by atoms with E-state index in [9.17, 15) is 4.39 Å². The third-order valence-corrected chi connectivity index (χ3v) is 3.49. The Balaban J connectivity index is 2.42. The molecule has 0 spiro atoms. The van der Waals surface area contributed by atoms with Gasteiger partial charge in [0.2, 0.25) is 0 Å². The summed E-state index contributed by atoms with van der Waals surface area (Å²) in [5.74, 6) is -0.0929. The molecule has 0 amide bonds. The minimum Gasteiger partial charge on any atom is -0.314 e. The highest BCUT2D eigenvalue weighted by molar-refractivity contribution is 9.10. The van der Waals surface area contributed by atoms with Crippen LogP contribution < -0.4 is 5.32 Å². The molecule has 96 valence electrons. The summed E-state index contributed by atoms with van der Waals surface area (Å²) >= 11 is 3.38. The Bertz CT molecular complexity index is 341. The number of benzene rings is 1. The van der Waals surface area contributed by atoms with Gasteiger partial charge in [-0.2, -0.15) is 0 Å². The Morgan fingerprint density at radius 1 is 1.35 bits per heavy atom. The highest BCUT2D eigenvalue weighted by Gasteiger charge is 2.06. The second-order valence-corrected chi connectivity index (χ2v) is 5.21. The summed E-state index contributed by atoms with van der Waals surface area (Å²) in [6.07, 6.45) is 4.08. The lowest BCUT2D eigenvalue weighted by Crippen LogP contribution is -2.28. The number of halogens is 2. The van der Waals surface area contributed by atoms with Crippen molar-refractivity contribution in [3.05, 3.63) is 34.1 Å². The number of hydrogen-bond acceptors (Lipinski definition) is 1. The van der Waals surface area contributed by atoms with Crippen LogP contribution in [0.25, 0.3) is 0 Å². The van der Waals surface area contributed by atoms with Crippen LogP contribution in [0.5, 0.6) is 0 Å². The van der Waals surface area contributed by atoms with Crippen molar-refractivity contribution in [1.29, 1.82) is 0 Å². The van der Waals surface area contributed by atoms with Crippen molar-refractivity contribution in [2.45, 2.75) is 45.6 Å². The molecule has 1 aromatic rings. The lowest BCUT2D eigenvalue weighted by atomic mass is 10.0. The molecule has 0 fully saturated rings. The first-order valence-electron chi connectivity index (χ1n) is 6.34. The maximum atomic E-state index is 13.5. The predicted molar refractivity (Wildman–Crippen MR) is 74.8 cm³/mol. The van der Waals surface area contributed by atoms with Gasteiger partial charge in [-0.3, -0.25) is 0 Å². The molecular weight excluding hydrogens is 281 g/mol. The molecule has 0 bridgehead atoms. The highest BCUT2D eigenvalue weighted by atomic mass is 79.9. The molecule has 0 aliphatic heterocycles. The molecule has 0 saturated carbocycles. The first-order chi connectivity index (χ1) is 8.17. The van der Waals surface area contributed by atoms with Crippen molar-refractivity contribution in [2.75, 3.05) is 6.54 Å². The molecule has 0 heterocycles. The zero-order valence-corrected chi connectivity index (χ0v) is 12.2. The Kier molecular flexibility index (Phi) is 6.75. The van der Waals surface area contributed by atoms with E-state index >= 15 is 0 Å². The lowest BCUT2D eigenvalue weighted by molar-refractivity contribution is 0.464. The van der Waals surface area contributed by atoms with Crippen LogP contribution in [0.2, 0.25) is 0 Å². The zero-order valence-electron chi connectivity index (χ0n) is 10.6. The van der Waals surface area contributed by atoms with Gasteiger partial charge in [-0.25, -0.2) is 4.39 Å². The first-order valence-corrected chi connectivity index (χ1v) is 7.14. The van der Waals surface area contributed by atoms with Gasteiger partial charge in [0.1, 0.15) is 5.82 Å². The maximum Gasteiger partial charge on any atom is 0.126 e. The lowest BCUT2D eigenvalue weighted by Gasteiger charge is -2.15. The van der Waals surface area contributed by atoms with Crippen molar-refractivity contribution in [2.24, 2.45) is 0 Å². The summed E-state index contributed by atoms with van der Waals surface area (Å²) in [7, 11) is 0. The molecule has 0 saturated heterocycles. The fraction of sp³-hybridized carbons (Fsp3) is 0.571. The average Bonchev–Trinajstić information content (AvgIpc) is 2.32. The SMILES string of the molecule is CCNC(CC)CCCc1cc(Br)ccc1F. The van der Waals surface area contributed by atoms with Crippen molar-refractivity contribution < 1.29 is 4.39 Å². The molecular formula is C14H21BrFN. The normalized spacial score (nSPS) is 12.7. The molecule has 1 rings (SSSR count). The Labute approximate surface area is 112 Å². The van der Waals surface area contributed by atoms with Gasteiger partial charge in [-0.05, 0) is 56.0 Å². The second-order valence-electron chi connectivity index (χ2n) is 4.29. The van der Waals surface area contributed by atoms with E-state index < -0.39 is 0 Å². The van der Waals surface area contributed by atoms with E-state index in [-0.39, 0.29) is 5.82 Å². The molecule has 1 aromatic carbocycles. The summed E-state index contributed by atoms with van der Waals surface area (Å²) in [4.78, 5) is 0. The van der Waals surface area contributed by atoms with Crippen LogP contribution in [0.1, 0.15) is 38.7 Å². The van der Waals surface area contributed by atoms with Gasteiger partial charge in [0.05, 0.1) is 0 Å². The van der Waals surface area contributed by atoms with Gasteiger partial charge in [-0.1, -0.05) is 29.8 Å². The van der Waals surface area contributed by atoms with E-state index in [4.69, 9.17) is 0 Å². The van der Waals surface area contributed by atoms with E-state index in [1.807, 2.05) is 6.07 Å². The van der Waals surface area contributed by atoms with E-state index in [2.05, 4.69) is 35.1 Å². The van der Waals surface area contributed by atoms with Crippen LogP contribution in [0.15, 0.2) is 22.7 Å². The number of rotatable bonds is 7. The third-order valence-electron chi connectivity index (χ3n) is 2.99.